The Hall–Kier alpha value is -1.45. The Morgan fingerprint density at radius 1 is 1.35 bits per heavy atom. The molecule has 0 radical (unpaired) electrons. The van der Waals surface area contributed by atoms with Gasteiger partial charge in [-0.2, -0.15) is 18.4 Å². The van der Waals surface area contributed by atoms with Crippen molar-refractivity contribution in [3.63, 3.8) is 0 Å². The van der Waals surface area contributed by atoms with Gasteiger partial charge < -0.3 is 9.47 Å². The molecule has 0 N–H and O–H groups in total. The number of rotatable bonds is 4. The normalized spacial score (nSPS) is 11.0. The molecule has 0 aliphatic rings. The maximum atomic E-state index is 11.7. The summed E-state index contributed by atoms with van der Waals surface area (Å²) in [7, 11) is 0. The molecule has 0 heterocycles. The van der Waals surface area contributed by atoms with Gasteiger partial charge in [-0.15, -0.1) is 0 Å². The van der Waals surface area contributed by atoms with E-state index in [1.54, 1.807) is 0 Å². The summed E-state index contributed by atoms with van der Waals surface area (Å²) in [5.41, 5.74) is 0.332. The molecular weight excluding hydrogens is 259 g/mol. The van der Waals surface area contributed by atoms with Crippen LogP contribution in [0.2, 0.25) is 5.02 Å². The van der Waals surface area contributed by atoms with E-state index in [9.17, 15) is 13.2 Å². The third-order valence-corrected chi connectivity index (χ3v) is 1.92. The highest BCUT2D eigenvalue weighted by atomic mass is 35.5. The molecule has 0 unspecified atom stereocenters. The quantitative estimate of drug-likeness (QED) is 0.620. The lowest BCUT2D eigenvalue weighted by atomic mass is 10.2. The molecule has 0 bridgehead atoms. The van der Waals surface area contributed by atoms with Crippen molar-refractivity contribution in [2.45, 2.75) is 6.18 Å². The van der Waals surface area contributed by atoms with E-state index >= 15 is 0 Å². The van der Waals surface area contributed by atoms with Crippen molar-refractivity contribution in [2.24, 2.45) is 0 Å². The molecule has 1 aromatic rings. The van der Waals surface area contributed by atoms with Gasteiger partial charge in [-0.1, -0.05) is 11.6 Å². The first-order valence-corrected chi connectivity index (χ1v) is 4.77. The Balaban J connectivity index is 2.45. The molecule has 92 valence electrons. The van der Waals surface area contributed by atoms with Crippen LogP contribution in [0.3, 0.4) is 0 Å². The maximum absolute atomic E-state index is 11.7. The van der Waals surface area contributed by atoms with Crippen LogP contribution in [0.1, 0.15) is 5.56 Å². The van der Waals surface area contributed by atoms with Crippen LogP contribution in [0.25, 0.3) is 0 Å². The second-order valence-corrected chi connectivity index (χ2v) is 3.39. The summed E-state index contributed by atoms with van der Waals surface area (Å²) in [6, 6.07) is 6.03. The predicted octanol–water partition coefficient (Wildman–Crippen LogP) is 3.13. The van der Waals surface area contributed by atoms with Crippen LogP contribution in [0.15, 0.2) is 18.2 Å². The monoisotopic (exact) mass is 265 g/mol. The highest BCUT2D eigenvalue weighted by Gasteiger charge is 2.27. The summed E-state index contributed by atoms with van der Waals surface area (Å²) in [4.78, 5) is 0. The van der Waals surface area contributed by atoms with E-state index in [2.05, 4.69) is 4.74 Å². The topological polar surface area (TPSA) is 42.2 Å². The largest absolute Gasteiger partial charge is 0.466 e. The van der Waals surface area contributed by atoms with E-state index in [-0.39, 0.29) is 10.8 Å². The number of hydrogen-bond acceptors (Lipinski definition) is 3. The first-order chi connectivity index (χ1) is 7.92. The van der Waals surface area contributed by atoms with Gasteiger partial charge >= 0.3 is 6.18 Å². The molecule has 0 amide bonds. The minimum atomic E-state index is -4.39. The van der Waals surface area contributed by atoms with Crippen LogP contribution in [0, 0.1) is 11.3 Å². The first-order valence-electron chi connectivity index (χ1n) is 4.39. The van der Waals surface area contributed by atoms with Crippen LogP contribution in [0.4, 0.5) is 13.2 Å². The second-order valence-electron chi connectivity index (χ2n) is 2.98. The van der Waals surface area contributed by atoms with E-state index in [0.29, 0.717) is 5.56 Å². The van der Waals surface area contributed by atoms with Gasteiger partial charge in [-0.3, -0.25) is 0 Å². The SMILES string of the molecule is N#Cc1ccc(OCOCC(F)(F)F)c(Cl)c1. The van der Waals surface area contributed by atoms with Crippen LogP contribution in [-0.2, 0) is 4.74 Å². The van der Waals surface area contributed by atoms with E-state index in [1.807, 2.05) is 6.07 Å². The van der Waals surface area contributed by atoms with Gasteiger partial charge in [0.05, 0.1) is 16.7 Å². The molecule has 0 atom stereocenters. The van der Waals surface area contributed by atoms with Crippen molar-refractivity contribution in [2.75, 3.05) is 13.4 Å². The summed E-state index contributed by atoms with van der Waals surface area (Å²) in [5.74, 6) is 0.160. The third kappa shape index (κ3) is 4.93. The Morgan fingerprint density at radius 2 is 2.06 bits per heavy atom. The maximum Gasteiger partial charge on any atom is 0.411 e. The fourth-order valence-corrected chi connectivity index (χ4v) is 1.19. The zero-order valence-electron chi connectivity index (χ0n) is 8.42. The van der Waals surface area contributed by atoms with E-state index in [1.165, 1.54) is 18.2 Å². The summed E-state index contributed by atoms with van der Waals surface area (Å²) in [6.45, 7) is -1.95. The van der Waals surface area contributed by atoms with Crippen molar-refractivity contribution >= 4 is 11.6 Å². The number of nitrogens with zero attached hydrogens (tertiary/aromatic N) is 1. The minimum absolute atomic E-state index is 0.139. The smallest absolute Gasteiger partial charge is 0.411 e. The summed E-state index contributed by atoms with van der Waals surface area (Å²) < 4.78 is 44.3. The number of ether oxygens (including phenoxy) is 2. The van der Waals surface area contributed by atoms with E-state index in [0.717, 1.165) is 0 Å². The van der Waals surface area contributed by atoms with Crippen molar-refractivity contribution in [1.82, 2.24) is 0 Å². The Bertz CT molecular complexity index is 429. The Labute approximate surface area is 100 Å². The zero-order chi connectivity index (χ0) is 12.9. The molecule has 0 aromatic heterocycles. The number of benzene rings is 1. The van der Waals surface area contributed by atoms with E-state index < -0.39 is 19.6 Å². The molecule has 0 spiro atoms. The van der Waals surface area contributed by atoms with Crippen molar-refractivity contribution in [3.05, 3.63) is 28.8 Å². The Morgan fingerprint density at radius 3 is 2.59 bits per heavy atom. The van der Waals surface area contributed by atoms with Crippen LogP contribution in [0.5, 0.6) is 5.75 Å². The van der Waals surface area contributed by atoms with Crippen LogP contribution in [-0.4, -0.2) is 19.6 Å². The van der Waals surface area contributed by atoms with Gasteiger partial charge in [0.25, 0.3) is 0 Å². The summed E-state index contributed by atoms with van der Waals surface area (Å²) in [5, 5.41) is 8.70. The number of hydrogen-bond donors (Lipinski definition) is 0. The lowest BCUT2D eigenvalue weighted by Gasteiger charge is -2.10. The molecule has 0 saturated heterocycles. The zero-order valence-corrected chi connectivity index (χ0v) is 9.18. The van der Waals surface area contributed by atoms with Gasteiger partial charge in [-0.05, 0) is 18.2 Å². The fraction of sp³-hybridized carbons (Fsp3) is 0.300. The molecule has 1 aromatic carbocycles. The highest BCUT2D eigenvalue weighted by Crippen LogP contribution is 2.25. The molecule has 0 aliphatic heterocycles. The standard InChI is InChI=1S/C10H7ClF3NO2/c11-8-3-7(4-15)1-2-9(8)17-6-16-5-10(12,13)14/h1-3H,5-6H2. The van der Waals surface area contributed by atoms with Crippen LogP contribution >= 0.6 is 11.6 Å². The highest BCUT2D eigenvalue weighted by molar-refractivity contribution is 6.32. The number of nitriles is 1. The van der Waals surface area contributed by atoms with Crippen molar-refractivity contribution in [1.29, 1.82) is 5.26 Å². The lowest BCUT2D eigenvalue weighted by Crippen LogP contribution is -2.19. The van der Waals surface area contributed by atoms with Gasteiger partial charge in [0, 0.05) is 0 Å². The average Bonchev–Trinajstić information content (AvgIpc) is 2.24. The van der Waals surface area contributed by atoms with Crippen molar-refractivity contribution < 1.29 is 22.6 Å². The second kappa shape index (κ2) is 5.75. The lowest BCUT2D eigenvalue weighted by molar-refractivity contribution is -0.186. The summed E-state index contributed by atoms with van der Waals surface area (Å²) in [6.07, 6.45) is -4.39. The third-order valence-electron chi connectivity index (χ3n) is 1.62. The molecule has 0 saturated carbocycles. The molecular formula is C10H7ClF3NO2. The van der Waals surface area contributed by atoms with Gasteiger partial charge in [0.15, 0.2) is 6.79 Å². The fourth-order valence-electron chi connectivity index (χ4n) is 0.950. The summed E-state index contributed by atoms with van der Waals surface area (Å²) >= 11 is 5.72. The Kier molecular flexibility index (Phi) is 4.61. The van der Waals surface area contributed by atoms with Crippen LogP contribution < -0.4 is 4.74 Å². The number of halogens is 4. The predicted molar refractivity (Wildman–Crippen MR) is 53.7 cm³/mol. The molecule has 0 fully saturated rings. The van der Waals surface area contributed by atoms with E-state index in [4.69, 9.17) is 21.6 Å². The minimum Gasteiger partial charge on any atom is -0.466 e. The molecule has 7 heteroatoms. The number of alkyl halides is 3. The van der Waals surface area contributed by atoms with Gasteiger partial charge in [0.1, 0.15) is 12.4 Å². The molecule has 0 aliphatic carbocycles. The first kappa shape index (κ1) is 13.6. The molecule has 3 nitrogen and oxygen atoms in total. The van der Waals surface area contributed by atoms with Gasteiger partial charge in [0.2, 0.25) is 0 Å². The molecule has 17 heavy (non-hydrogen) atoms. The average molecular weight is 266 g/mol. The van der Waals surface area contributed by atoms with Gasteiger partial charge in [-0.25, -0.2) is 0 Å². The molecule has 1 rings (SSSR count). The van der Waals surface area contributed by atoms with Crippen molar-refractivity contribution in [3.8, 4) is 11.8 Å².